The number of carbonyl (C=O) groups is 3. The van der Waals surface area contributed by atoms with E-state index in [1.807, 2.05) is 6.92 Å². The van der Waals surface area contributed by atoms with E-state index >= 15 is 0 Å². The molecule has 3 amide bonds. The second kappa shape index (κ2) is 5.91. The van der Waals surface area contributed by atoms with Gasteiger partial charge in [-0.2, -0.15) is 0 Å². The van der Waals surface area contributed by atoms with E-state index in [9.17, 15) is 19.5 Å². The maximum absolute atomic E-state index is 12.5. The van der Waals surface area contributed by atoms with Crippen LogP contribution in [-0.4, -0.2) is 77.5 Å². The second-order valence-corrected chi connectivity index (χ2v) is 5.98. The molecule has 1 atom stereocenters. The lowest BCUT2D eigenvalue weighted by molar-refractivity contribution is -0.152. The lowest BCUT2D eigenvalue weighted by Gasteiger charge is -2.42. The number of likely N-dealkylation sites (N-methyl/N-ethyl adjacent to an activating group) is 1. The van der Waals surface area contributed by atoms with E-state index in [0.29, 0.717) is 38.9 Å². The van der Waals surface area contributed by atoms with Crippen molar-refractivity contribution >= 4 is 17.9 Å². The third-order valence-corrected chi connectivity index (χ3v) is 4.71. The Hall–Kier alpha value is -1.79. The highest BCUT2D eigenvalue weighted by atomic mass is 16.4. The van der Waals surface area contributed by atoms with E-state index in [1.165, 1.54) is 4.90 Å². The number of nitrogens with zero attached hydrogens (tertiary/aromatic N) is 3. The largest absolute Gasteiger partial charge is 0.481 e. The summed E-state index contributed by atoms with van der Waals surface area (Å²) in [5.41, 5.74) is -0.843. The third kappa shape index (κ3) is 2.96. The zero-order valence-electron chi connectivity index (χ0n) is 12.7. The van der Waals surface area contributed by atoms with Gasteiger partial charge in [-0.15, -0.1) is 0 Å². The summed E-state index contributed by atoms with van der Waals surface area (Å²) in [7, 11) is 1.72. The van der Waals surface area contributed by atoms with E-state index in [0.717, 1.165) is 0 Å². The second-order valence-electron chi connectivity index (χ2n) is 5.98. The van der Waals surface area contributed by atoms with Crippen LogP contribution in [0.1, 0.15) is 26.2 Å². The third-order valence-electron chi connectivity index (χ3n) is 4.71. The number of carbonyl (C=O) groups excluding carboxylic acids is 2. The van der Waals surface area contributed by atoms with Crippen LogP contribution in [0.2, 0.25) is 0 Å². The molecule has 0 aromatic rings. The number of aliphatic carboxylic acids is 1. The van der Waals surface area contributed by atoms with Crippen LogP contribution in [0.4, 0.5) is 4.79 Å². The first kappa shape index (κ1) is 15.6. The molecule has 2 fully saturated rings. The molecule has 0 aliphatic carbocycles. The molecule has 0 aromatic carbocycles. The molecule has 0 bridgehead atoms. The summed E-state index contributed by atoms with van der Waals surface area (Å²) < 4.78 is 0. The van der Waals surface area contributed by atoms with Crippen molar-refractivity contribution in [2.45, 2.75) is 26.2 Å². The molecule has 7 nitrogen and oxygen atoms in total. The van der Waals surface area contributed by atoms with Gasteiger partial charge >= 0.3 is 12.0 Å². The first-order valence-electron chi connectivity index (χ1n) is 7.41. The van der Waals surface area contributed by atoms with Crippen LogP contribution < -0.4 is 0 Å². The molecule has 7 heteroatoms. The van der Waals surface area contributed by atoms with Gasteiger partial charge in [0.05, 0.1) is 5.41 Å². The number of carboxylic acids is 1. The summed E-state index contributed by atoms with van der Waals surface area (Å²) in [5.74, 6) is -0.913. The smallest absolute Gasteiger partial charge is 0.320 e. The van der Waals surface area contributed by atoms with Crippen molar-refractivity contribution in [3.05, 3.63) is 0 Å². The molecule has 1 unspecified atom stereocenters. The summed E-state index contributed by atoms with van der Waals surface area (Å²) in [5, 5.41) is 9.46. The first-order valence-corrected chi connectivity index (χ1v) is 7.41. The van der Waals surface area contributed by atoms with Crippen LogP contribution in [0.3, 0.4) is 0 Å². The van der Waals surface area contributed by atoms with E-state index in [4.69, 9.17) is 0 Å². The number of likely N-dealkylation sites (tertiary alicyclic amines) is 1. The normalized spacial score (nSPS) is 27.0. The molecule has 0 radical (unpaired) electrons. The SMILES string of the molecule is CCC1(C(=O)O)CCCN(C(=O)N2CCN(C)C(=O)C2)C1. The quantitative estimate of drug-likeness (QED) is 0.803. The number of hydrogen-bond acceptors (Lipinski definition) is 3. The van der Waals surface area contributed by atoms with Crippen molar-refractivity contribution in [1.29, 1.82) is 0 Å². The van der Waals surface area contributed by atoms with Gasteiger partial charge in [-0.25, -0.2) is 4.79 Å². The number of rotatable bonds is 2. The van der Waals surface area contributed by atoms with Crippen molar-refractivity contribution in [1.82, 2.24) is 14.7 Å². The zero-order chi connectivity index (χ0) is 15.6. The van der Waals surface area contributed by atoms with Gasteiger partial charge in [-0.1, -0.05) is 6.92 Å². The molecule has 2 rings (SSSR count). The van der Waals surface area contributed by atoms with Crippen LogP contribution in [0.25, 0.3) is 0 Å². The highest BCUT2D eigenvalue weighted by Crippen LogP contribution is 2.34. The zero-order valence-corrected chi connectivity index (χ0v) is 12.7. The minimum absolute atomic E-state index is 0.0772. The molecule has 118 valence electrons. The summed E-state index contributed by atoms with van der Waals surface area (Å²) >= 11 is 0. The number of amides is 3. The molecular formula is C14H23N3O4. The summed E-state index contributed by atoms with van der Waals surface area (Å²) in [6.45, 7) is 3.76. The number of hydrogen-bond donors (Lipinski definition) is 1. The number of piperazine rings is 1. The predicted molar refractivity (Wildman–Crippen MR) is 75.8 cm³/mol. The molecule has 0 spiro atoms. The van der Waals surface area contributed by atoms with Crippen LogP contribution in [0.15, 0.2) is 0 Å². The summed E-state index contributed by atoms with van der Waals surface area (Å²) in [6.07, 6.45) is 1.80. The molecule has 2 aliphatic rings. The fraction of sp³-hybridized carbons (Fsp3) is 0.786. The fourth-order valence-corrected chi connectivity index (χ4v) is 3.03. The summed E-state index contributed by atoms with van der Waals surface area (Å²) in [4.78, 5) is 40.5. The molecule has 2 aliphatic heterocycles. The van der Waals surface area contributed by atoms with Crippen LogP contribution in [0.5, 0.6) is 0 Å². The van der Waals surface area contributed by atoms with Gasteiger partial charge in [-0.3, -0.25) is 9.59 Å². The first-order chi connectivity index (χ1) is 9.89. The Bertz CT molecular complexity index is 454. The van der Waals surface area contributed by atoms with Gasteiger partial charge in [0.1, 0.15) is 6.54 Å². The highest BCUT2D eigenvalue weighted by molar-refractivity contribution is 5.85. The standard InChI is InChI=1S/C14H23N3O4/c1-3-14(12(19)20)5-4-6-17(10-14)13(21)16-8-7-15(2)11(18)9-16/h3-10H2,1-2H3,(H,19,20). The average Bonchev–Trinajstić information content (AvgIpc) is 2.49. The van der Waals surface area contributed by atoms with Crippen LogP contribution in [0, 0.1) is 5.41 Å². The number of carboxylic acid groups (broad SMARTS) is 1. The van der Waals surface area contributed by atoms with E-state index < -0.39 is 11.4 Å². The van der Waals surface area contributed by atoms with Gasteiger partial charge in [-0.05, 0) is 19.3 Å². The van der Waals surface area contributed by atoms with E-state index in [2.05, 4.69) is 0 Å². The van der Waals surface area contributed by atoms with Gasteiger partial charge < -0.3 is 19.8 Å². The van der Waals surface area contributed by atoms with Crippen molar-refractivity contribution in [2.75, 3.05) is 39.8 Å². The van der Waals surface area contributed by atoms with Gasteiger partial charge in [0.25, 0.3) is 0 Å². The monoisotopic (exact) mass is 297 g/mol. The van der Waals surface area contributed by atoms with Gasteiger partial charge in [0.15, 0.2) is 0 Å². The van der Waals surface area contributed by atoms with E-state index in [1.54, 1.807) is 16.8 Å². The minimum atomic E-state index is -0.843. The molecule has 1 N–H and O–H groups in total. The Morgan fingerprint density at radius 1 is 1.24 bits per heavy atom. The number of urea groups is 1. The lowest BCUT2D eigenvalue weighted by Crippen LogP contribution is -2.58. The van der Waals surface area contributed by atoms with Crippen molar-refractivity contribution in [2.24, 2.45) is 5.41 Å². The summed E-state index contributed by atoms with van der Waals surface area (Å²) in [6, 6.07) is -0.213. The van der Waals surface area contributed by atoms with Gasteiger partial charge in [0, 0.05) is 33.2 Å². The molecule has 0 saturated carbocycles. The van der Waals surface area contributed by atoms with Crippen molar-refractivity contribution < 1.29 is 19.5 Å². The fourth-order valence-electron chi connectivity index (χ4n) is 3.03. The minimum Gasteiger partial charge on any atom is -0.481 e. The highest BCUT2D eigenvalue weighted by Gasteiger charge is 2.43. The number of piperidine rings is 1. The molecule has 2 heterocycles. The molecule has 0 aromatic heterocycles. The van der Waals surface area contributed by atoms with Crippen molar-refractivity contribution in [3.8, 4) is 0 Å². The molecule has 2 saturated heterocycles. The topological polar surface area (TPSA) is 81.2 Å². The molecular weight excluding hydrogens is 274 g/mol. The van der Waals surface area contributed by atoms with Crippen LogP contribution in [-0.2, 0) is 9.59 Å². The Kier molecular flexibility index (Phi) is 4.39. The Labute approximate surface area is 124 Å². The lowest BCUT2D eigenvalue weighted by atomic mass is 9.78. The Morgan fingerprint density at radius 2 is 1.95 bits per heavy atom. The van der Waals surface area contributed by atoms with Crippen LogP contribution >= 0.6 is 0 Å². The van der Waals surface area contributed by atoms with Gasteiger partial charge in [0.2, 0.25) is 5.91 Å². The Balaban J connectivity index is 2.06. The van der Waals surface area contributed by atoms with E-state index in [-0.39, 0.29) is 25.0 Å². The average molecular weight is 297 g/mol. The predicted octanol–water partition coefficient (Wildman–Crippen LogP) is 0.457. The maximum Gasteiger partial charge on any atom is 0.320 e. The molecule has 21 heavy (non-hydrogen) atoms. The van der Waals surface area contributed by atoms with Crippen molar-refractivity contribution in [3.63, 3.8) is 0 Å². The Morgan fingerprint density at radius 3 is 2.52 bits per heavy atom. The maximum atomic E-state index is 12.5.